The van der Waals surface area contributed by atoms with Crippen molar-refractivity contribution in [1.29, 1.82) is 0 Å². The molecule has 104 valence electrons. The van der Waals surface area contributed by atoms with Gasteiger partial charge in [0.05, 0.1) is 0 Å². The minimum Gasteiger partial charge on any atom is -0.384 e. The maximum Gasteiger partial charge on any atom is 0.251 e. The lowest BCUT2D eigenvalue weighted by molar-refractivity contribution is -0.141. The second-order valence-electron chi connectivity index (χ2n) is 5.12. The Hall–Kier alpha value is -1.39. The Kier molecular flexibility index (Phi) is 4.56. The summed E-state index contributed by atoms with van der Waals surface area (Å²) in [5.41, 5.74) is 1.30. The Morgan fingerprint density at radius 3 is 2.21 bits per heavy atom. The lowest BCUT2D eigenvalue weighted by atomic mass is 10.1. The summed E-state index contributed by atoms with van der Waals surface area (Å²) in [5.74, 6) is -0.160. The maximum absolute atomic E-state index is 11.7. The molecule has 1 heterocycles. The zero-order chi connectivity index (χ0) is 13.8. The van der Waals surface area contributed by atoms with E-state index in [2.05, 4.69) is 36.1 Å². The number of aliphatic hydroxyl groups is 1. The van der Waals surface area contributed by atoms with Crippen molar-refractivity contribution in [2.24, 2.45) is 0 Å². The van der Waals surface area contributed by atoms with Crippen LogP contribution in [0.15, 0.2) is 30.3 Å². The average molecular weight is 262 g/mol. The van der Waals surface area contributed by atoms with Crippen LogP contribution in [0, 0.1) is 0 Å². The molecule has 4 heteroatoms. The zero-order valence-corrected chi connectivity index (χ0v) is 11.6. The lowest BCUT2D eigenvalue weighted by Gasteiger charge is -2.38. The van der Waals surface area contributed by atoms with E-state index >= 15 is 0 Å². The van der Waals surface area contributed by atoms with E-state index < -0.39 is 6.10 Å². The highest BCUT2D eigenvalue weighted by atomic mass is 16.3. The molecule has 1 saturated heterocycles. The van der Waals surface area contributed by atoms with E-state index in [0.717, 1.165) is 13.1 Å². The minimum absolute atomic E-state index is 0.160. The molecule has 1 fully saturated rings. The van der Waals surface area contributed by atoms with Gasteiger partial charge in [0, 0.05) is 32.2 Å². The van der Waals surface area contributed by atoms with Gasteiger partial charge in [0.2, 0.25) is 0 Å². The molecule has 4 nitrogen and oxygen atoms in total. The van der Waals surface area contributed by atoms with Gasteiger partial charge in [-0.1, -0.05) is 30.3 Å². The molecule has 0 aromatic heterocycles. The minimum atomic E-state index is -0.891. The number of benzene rings is 1. The second kappa shape index (κ2) is 6.17. The number of amides is 1. The average Bonchev–Trinajstić information content (AvgIpc) is 2.46. The summed E-state index contributed by atoms with van der Waals surface area (Å²) in [7, 11) is 0. The fraction of sp³-hybridized carbons (Fsp3) is 0.533. The van der Waals surface area contributed by atoms with Crippen molar-refractivity contribution in [3.05, 3.63) is 35.9 Å². The largest absolute Gasteiger partial charge is 0.384 e. The molecule has 0 aliphatic carbocycles. The van der Waals surface area contributed by atoms with E-state index in [4.69, 9.17) is 0 Å². The van der Waals surface area contributed by atoms with Crippen molar-refractivity contribution in [3.8, 4) is 0 Å². The third-order valence-electron chi connectivity index (χ3n) is 3.81. The molecule has 1 N–H and O–H groups in total. The van der Waals surface area contributed by atoms with Gasteiger partial charge in [0.15, 0.2) is 0 Å². The molecule has 2 unspecified atom stereocenters. The fourth-order valence-electron chi connectivity index (χ4n) is 2.54. The van der Waals surface area contributed by atoms with Crippen molar-refractivity contribution in [3.63, 3.8) is 0 Å². The Bertz CT molecular complexity index is 411. The van der Waals surface area contributed by atoms with Crippen LogP contribution in [0.2, 0.25) is 0 Å². The number of aliphatic hydroxyl groups excluding tert-OH is 1. The first-order chi connectivity index (χ1) is 9.09. The number of nitrogens with zero attached hydrogens (tertiary/aromatic N) is 2. The smallest absolute Gasteiger partial charge is 0.251 e. The number of hydrogen-bond donors (Lipinski definition) is 1. The first-order valence-corrected chi connectivity index (χ1v) is 6.85. The Labute approximate surface area is 114 Å². The molecule has 0 saturated carbocycles. The Morgan fingerprint density at radius 1 is 1.11 bits per heavy atom. The number of hydrogen-bond acceptors (Lipinski definition) is 3. The summed E-state index contributed by atoms with van der Waals surface area (Å²) in [6, 6.07) is 10.8. The molecule has 2 rings (SSSR count). The summed E-state index contributed by atoms with van der Waals surface area (Å²) in [6.45, 7) is 6.83. The van der Waals surface area contributed by atoms with Crippen LogP contribution in [0.5, 0.6) is 0 Å². The summed E-state index contributed by atoms with van der Waals surface area (Å²) in [5, 5.41) is 9.32. The van der Waals surface area contributed by atoms with Gasteiger partial charge in [-0.25, -0.2) is 0 Å². The van der Waals surface area contributed by atoms with Gasteiger partial charge >= 0.3 is 0 Å². The zero-order valence-electron chi connectivity index (χ0n) is 11.6. The van der Waals surface area contributed by atoms with E-state index in [1.807, 2.05) is 6.07 Å². The van der Waals surface area contributed by atoms with Gasteiger partial charge in [0.1, 0.15) is 6.10 Å². The third-order valence-corrected chi connectivity index (χ3v) is 3.81. The van der Waals surface area contributed by atoms with Crippen LogP contribution >= 0.6 is 0 Å². The van der Waals surface area contributed by atoms with E-state index in [9.17, 15) is 9.90 Å². The van der Waals surface area contributed by atoms with Gasteiger partial charge in [-0.3, -0.25) is 9.69 Å². The third kappa shape index (κ3) is 3.33. The molecular weight excluding hydrogens is 240 g/mol. The van der Waals surface area contributed by atoms with Crippen LogP contribution in [0.3, 0.4) is 0 Å². The molecule has 0 bridgehead atoms. The summed E-state index contributed by atoms with van der Waals surface area (Å²) < 4.78 is 0. The quantitative estimate of drug-likeness (QED) is 0.892. The molecule has 1 amide bonds. The van der Waals surface area contributed by atoms with Crippen molar-refractivity contribution in [2.75, 3.05) is 26.2 Å². The predicted molar refractivity (Wildman–Crippen MR) is 74.7 cm³/mol. The summed E-state index contributed by atoms with van der Waals surface area (Å²) >= 11 is 0. The Balaban J connectivity index is 1.91. The normalized spacial score (nSPS) is 20.1. The van der Waals surface area contributed by atoms with E-state index in [1.54, 1.807) is 4.90 Å². The van der Waals surface area contributed by atoms with Crippen LogP contribution in [0.4, 0.5) is 0 Å². The predicted octanol–water partition coefficient (Wildman–Crippen LogP) is 1.27. The standard InChI is InChI=1S/C15H22N2O2/c1-12(14-6-4-3-5-7-14)16-8-10-17(11-9-16)15(19)13(2)18/h3-7,12-13,18H,8-11H2,1-2H3. The lowest BCUT2D eigenvalue weighted by Crippen LogP contribution is -2.51. The number of carbonyl (C=O) groups is 1. The fourth-order valence-corrected chi connectivity index (χ4v) is 2.54. The molecule has 1 aliphatic rings. The van der Waals surface area contributed by atoms with E-state index in [1.165, 1.54) is 12.5 Å². The molecule has 0 spiro atoms. The van der Waals surface area contributed by atoms with Gasteiger partial charge in [-0.2, -0.15) is 0 Å². The topological polar surface area (TPSA) is 43.8 Å². The van der Waals surface area contributed by atoms with Gasteiger partial charge in [-0.05, 0) is 19.4 Å². The first kappa shape index (κ1) is 14.0. The number of rotatable bonds is 3. The molecular formula is C15H22N2O2. The molecule has 2 atom stereocenters. The second-order valence-corrected chi connectivity index (χ2v) is 5.12. The van der Waals surface area contributed by atoms with E-state index in [-0.39, 0.29) is 5.91 Å². The monoisotopic (exact) mass is 262 g/mol. The number of carbonyl (C=O) groups excluding carboxylic acids is 1. The molecule has 19 heavy (non-hydrogen) atoms. The molecule has 1 aliphatic heterocycles. The first-order valence-electron chi connectivity index (χ1n) is 6.85. The summed E-state index contributed by atoms with van der Waals surface area (Å²) in [6.07, 6.45) is -0.891. The molecule has 1 aromatic carbocycles. The van der Waals surface area contributed by atoms with Crippen LogP contribution < -0.4 is 0 Å². The van der Waals surface area contributed by atoms with Crippen molar-refractivity contribution in [1.82, 2.24) is 9.80 Å². The van der Waals surface area contributed by atoms with Gasteiger partial charge < -0.3 is 10.0 Å². The Morgan fingerprint density at radius 2 is 1.68 bits per heavy atom. The van der Waals surface area contributed by atoms with Crippen molar-refractivity contribution < 1.29 is 9.90 Å². The molecule has 0 radical (unpaired) electrons. The molecule has 1 aromatic rings. The SMILES string of the molecule is CC(O)C(=O)N1CCN(C(C)c2ccccc2)CC1. The van der Waals surface area contributed by atoms with Crippen LogP contribution in [-0.2, 0) is 4.79 Å². The highest BCUT2D eigenvalue weighted by Gasteiger charge is 2.26. The highest BCUT2D eigenvalue weighted by Crippen LogP contribution is 2.21. The van der Waals surface area contributed by atoms with Crippen LogP contribution in [0.1, 0.15) is 25.5 Å². The van der Waals surface area contributed by atoms with Crippen molar-refractivity contribution in [2.45, 2.75) is 26.0 Å². The van der Waals surface area contributed by atoms with Crippen LogP contribution in [0.25, 0.3) is 0 Å². The maximum atomic E-state index is 11.7. The summed E-state index contributed by atoms with van der Waals surface area (Å²) in [4.78, 5) is 15.8. The van der Waals surface area contributed by atoms with E-state index in [0.29, 0.717) is 19.1 Å². The highest BCUT2D eigenvalue weighted by molar-refractivity contribution is 5.80. The van der Waals surface area contributed by atoms with Crippen molar-refractivity contribution >= 4 is 5.91 Å². The van der Waals surface area contributed by atoms with Gasteiger partial charge in [-0.15, -0.1) is 0 Å². The van der Waals surface area contributed by atoms with Gasteiger partial charge in [0.25, 0.3) is 5.91 Å². The number of piperazine rings is 1. The van der Waals surface area contributed by atoms with Crippen LogP contribution in [-0.4, -0.2) is 53.1 Å².